The van der Waals surface area contributed by atoms with E-state index < -0.39 is 5.82 Å². The van der Waals surface area contributed by atoms with Crippen molar-refractivity contribution in [3.8, 4) is 0 Å². The molecular formula is C14H20FN3O2. The van der Waals surface area contributed by atoms with Gasteiger partial charge >= 0.3 is 0 Å². The molecule has 0 atom stereocenters. The zero-order valence-electron chi connectivity index (χ0n) is 11.7. The lowest BCUT2D eigenvalue weighted by atomic mass is 10.3. The monoisotopic (exact) mass is 281 g/mol. The van der Waals surface area contributed by atoms with Crippen LogP contribution < -0.4 is 16.0 Å². The number of hydrogen-bond donors (Lipinski definition) is 3. The molecule has 2 amide bonds. The number of hydrogen-bond acceptors (Lipinski definition) is 3. The zero-order chi connectivity index (χ0) is 15.0. The molecule has 20 heavy (non-hydrogen) atoms. The zero-order valence-corrected chi connectivity index (χ0v) is 11.7. The lowest BCUT2D eigenvalue weighted by Gasteiger charge is -2.09. The van der Waals surface area contributed by atoms with Gasteiger partial charge in [0.25, 0.3) is 0 Å². The van der Waals surface area contributed by atoms with Crippen LogP contribution in [0.3, 0.4) is 0 Å². The van der Waals surface area contributed by atoms with E-state index in [0.29, 0.717) is 13.0 Å². The van der Waals surface area contributed by atoms with Gasteiger partial charge in [0, 0.05) is 19.0 Å². The maximum atomic E-state index is 13.3. The largest absolute Gasteiger partial charge is 0.354 e. The van der Waals surface area contributed by atoms with E-state index in [1.54, 1.807) is 12.1 Å². The average Bonchev–Trinajstić information content (AvgIpc) is 2.37. The van der Waals surface area contributed by atoms with Gasteiger partial charge in [-0.1, -0.05) is 12.1 Å². The summed E-state index contributed by atoms with van der Waals surface area (Å²) in [6.07, 6.45) is 0.297. The van der Waals surface area contributed by atoms with Crippen molar-refractivity contribution >= 4 is 17.5 Å². The Hall–Kier alpha value is -1.95. The molecule has 5 nitrogen and oxygen atoms in total. The van der Waals surface area contributed by atoms with Crippen LogP contribution in [0, 0.1) is 5.82 Å². The van der Waals surface area contributed by atoms with Crippen LogP contribution in [0.4, 0.5) is 10.1 Å². The molecule has 0 bridgehead atoms. The number of rotatable bonds is 7. The maximum absolute atomic E-state index is 13.3. The van der Waals surface area contributed by atoms with Crippen LogP contribution in [0.5, 0.6) is 0 Å². The van der Waals surface area contributed by atoms with E-state index >= 15 is 0 Å². The Morgan fingerprint density at radius 3 is 2.55 bits per heavy atom. The van der Waals surface area contributed by atoms with Crippen molar-refractivity contribution in [3.05, 3.63) is 30.1 Å². The highest BCUT2D eigenvalue weighted by Gasteiger charge is 2.06. The molecule has 0 aromatic heterocycles. The van der Waals surface area contributed by atoms with Crippen LogP contribution in [-0.2, 0) is 9.59 Å². The average molecular weight is 281 g/mol. The molecular weight excluding hydrogens is 261 g/mol. The first-order valence-corrected chi connectivity index (χ1v) is 6.53. The van der Waals surface area contributed by atoms with Gasteiger partial charge in [-0.3, -0.25) is 9.59 Å². The number of anilines is 1. The third kappa shape index (κ3) is 6.29. The minimum atomic E-state index is -0.475. The molecule has 0 heterocycles. The fraction of sp³-hybridized carbons (Fsp3) is 0.429. The van der Waals surface area contributed by atoms with Crippen molar-refractivity contribution < 1.29 is 14.0 Å². The minimum absolute atomic E-state index is 0.0310. The molecule has 0 aliphatic carbocycles. The normalized spacial score (nSPS) is 10.4. The topological polar surface area (TPSA) is 70.2 Å². The van der Waals surface area contributed by atoms with E-state index in [1.807, 2.05) is 13.8 Å². The van der Waals surface area contributed by atoms with Crippen LogP contribution in [0.1, 0.15) is 20.3 Å². The maximum Gasteiger partial charge on any atom is 0.238 e. The van der Waals surface area contributed by atoms with Crippen molar-refractivity contribution in [1.82, 2.24) is 10.6 Å². The molecule has 0 aliphatic heterocycles. The Morgan fingerprint density at radius 1 is 1.20 bits per heavy atom. The minimum Gasteiger partial charge on any atom is -0.354 e. The van der Waals surface area contributed by atoms with Crippen molar-refractivity contribution in [1.29, 1.82) is 0 Å². The van der Waals surface area contributed by atoms with Gasteiger partial charge in [0.15, 0.2) is 0 Å². The molecule has 110 valence electrons. The first-order chi connectivity index (χ1) is 9.49. The Bertz CT molecular complexity index is 463. The summed E-state index contributed by atoms with van der Waals surface area (Å²) in [7, 11) is 0. The van der Waals surface area contributed by atoms with E-state index in [2.05, 4.69) is 16.0 Å². The lowest BCUT2D eigenvalue weighted by Crippen LogP contribution is -2.34. The molecule has 6 heteroatoms. The number of halogens is 1. The fourth-order valence-electron chi connectivity index (χ4n) is 1.55. The predicted octanol–water partition coefficient (Wildman–Crippen LogP) is 1.27. The predicted molar refractivity (Wildman–Crippen MR) is 75.8 cm³/mol. The first kappa shape index (κ1) is 16.1. The van der Waals surface area contributed by atoms with Gasteiger partial charge in [-0.2, -0.15) is 0 Å². The quantitative estimate of drug-likeness (QED) is 0.659. The van der Waals surface area contributed by atoms with Gasteiger partial charge in [0.2, 0.25) is 11.8 Å². The molecule has 1 rings (SSSR count). The molecule has 0 unspecified atom stereocenters. The van der Waals surface area contributed by atoms with Crippen molar-refractivity contribution in [2.24, 2.45) is 0 Å². The van der Waals surface area contributed by atoms with Gasteiger partial charge in [0.05, 0.1) is 12.2 Å². The molecule has 0 saturated heterocycles. The van der Waals surface area contributed by atoms with Crippen LogP contribution in [0.2, 0.25) is 0 Å². The summed E-state index contributed by atoms with van der Waals surface area (Å²) >= 11 is 0. The van der Waals surface area contributed by atoms with Crippen LogP contribution in [0.15, 0.2) is 24.3 Å². The third-order valence-electron chi connectivity index (χ3n) is 2.41. The summed E-state index contributed by atoms with van der Waals surface area (Å²) in [4.78, 5) is 22.9. The number of benzene rings is 1. The molecule has 0 radical (unpaired) electrons. The number of amides is 2. The Labute approximate surface area is 117 Å². The summed E-state index contributed by atoms with van der Waals surface area (Å²) in [6.45, 7) is 4.19. The van der Waals surface area contributed by atoms with Crippen molar-refractivity contribution in [2.75, 3.05) is 18.4 Å². The van der Waals surface area contributed by atoms with Crippen LogP contribution in [0.25, 0.3) is 0 Å². The van der Waals surface area contributed by atoms with Gasteiger partial charge in [0.1, 0.15) is 5.82 Å². The van der Waals surface area contributed by atoms with Crippen molar-refractivity contribution in [2.45, 2.75) is 26.3 Å². The smallest absolute Gasteiger partial charge is 0.238 e. The molecule has 1 aromatic carbocycles. The van der Waals surface area contributed by atoms with E-state index in [9.17, 15) is 14.0 Å². The van der Waals surface area contributed by atoms with E-state index in [-0.39, 0.29) is 30.1 Å². The molecule has 0 spiro atoms. The number of para-hydroxylation sites is 1. The molecule has 0 aliphatic rings. The van der Waals surface area contributed by atoms with Crippen LogP contribution in [-0.4, -0.2) is 30.9 Å². The Kier molecular flexibility index (Phi) is 6.66. The third-order valence-corrected chi connectivity index (χ3v) is 2.41. The van der Waals surface area contributed by atoms with Gasteiger partial charge in [-0.05, 0) is 26.0 Å². The summed E-state index contributed by atoms with van der Waals surface area (Å²) in [5, 5.41) is 8.04. The SMILES string of the molecule is CC(C)NC(=O)CCNCC(=O)Nc1ccccc1F. The Morgan fingerprint density at radius 2 is 1.90 bits per heavy atom. The van der Waals surface area contributed by atoms with E-state index in [0.717, 1.165) is 0 Å². The summed E-state index contributed by atoms with van der Waals surface area (Å²) < 4.78 is 13.3. The second kappa shape index (κ2) is 8.27. The summed E-state index contributed by atoms with van der Waals surface area (Å²) in [5.41, 5.74) is 0.150. The standard InChI is InChI=1S/C14H20FN3O2/c1-10(2)17-13(19)7-8-16-9-14(20)18-12-6-4-3-5-11(12)15/h3-6,10,16H,7-9H2,1-2H3,(H,17,19)(H,18,20). The highest BCUT2D eigenvalue weighted by atomic mass is 19.1. The Balaban J connectivity index is 2.21. The van der Waals surface area contributed by atoms with Crippen LogP contribution >= 0.6 is 0 Å². The molecule has 0 fully saturated rings. The van der Waals surface area contributed by atoms with Crippen molar-refractivity contribution in [3.63, 3.8) is 0 Å². The number of nitrogens with one attached hydrogen (secondary N) is 3. The lowest BCUT2D eigenvalue weighted by molar-refractivity contribution is -0.121. The van der Waals surface area contributed by atoms with Gasteiger partial charge < -0.3 is 16.0 Å². The molecule has 1 aromatic rings. The highest BCUT2D eigenvalue weighted by Crippen LogP contribution is 2.11. The number of carbonyl (C=O) groups is 2. The van der Waals surface area contributed by atoms with Gasteiger partial charge in [-0.25, -0.2) is 4.39 Å². The first-order valence-electron chi connectivity index (χ1n) is 6.53. The molecule has 3 N–H and O–H groups in total. The second-order valence-corrected chi connectivity index (χ2v) is 4.68. The fourth-order valence-corrected chi connectivity index (χ4v) is 1.55. The second-order valence-electron chi connectivity index (χ2n) is 4.68. The van der Waals surface area contributed by atoms with Gasteiger partial charge in [-0.15, -0.1) is 0 Å². The molecule has 0 saturated carbocycles. The highest BCUT2D eigenvalue weighted by molar-refractivity contribution is 5.92. The number of carbonyl (C=O) groups excluding carboxylic acids is 2. The summed E-state index contributed by atoms with van der Waals surface area (Å²) in [6, 6.07) is 6.06. The van der Waals surface area contributed by atoms with E-state index in [1.165, 1.54) is 12.1 Å². The van der Waals surface area contributed by atoms with E-state index in [4.69, 9.17) is 0 Å². The summed E-state index contributed by atoms with van der Waals surface area (Å²) in [5.74, 6) is -0.890.